The van der Waals surface area contributed by atoms with E-state index in [0.29, 0.717) is 12.3 Å². The molecule has 2 aliphatic rings. The molecule has 2 amide bonds. The van der Waals surface area contributed by atoms with Crippen LogP contribution < -0.4 is 10.6 Å². The molecule has 0 aromatic heterocycles. The minimum Gasteiger partial charge on any atom is -0.481 e. The number of carbonyl (C=O) groups is 2. The third-order valence-electron chi connectivity index (χ3n) is 4.58. The van der Waals surface area contributed by atoms with Crippen molar-refractivity contribution in [3.8, 4) is 0 Å². The molecule has 2 aliphatic carbocycles. The maximum Gasteiger partial charge on any atom is 0.315 e. The fourth-order valence-corrected chi connectivity index (χ4v) is 3.34. The van der Waals surface area contributed by atoms with Crippen molar-refractivity contribution in [2.75, 3.05) is 0 Å². The summed E-state index contributed by atoms with van der Waals surface area (Å²) in [5, 5.41) is 14.9. The third kappa shape index (κ3) is 3.61. The smallest absolute Gasteiger partial charge is 0.315 e. The lowest BCUT2D eigenvalue weighted by molar-refractivity contribution is -0.142. The monoisotopic (exact) mass is 268 g/mol. The highest BCUT2D eigenvalue weighted by Gasteiger charge is 2.34. The maximum atomic E-state index is 12.0. The second-order valence-corrected chi connectivity index (χ2v) is 5.97. The predicted octanol–water partition coefficient (Wildman–Crippen LogP) is 2.12. The van der Waals surface area contributed by atoms with Crippen molar-refractivity contribution in [3.63, 3.8) is 0 Å². The molecule has 4 unspecified atom stereocenters. The van der Waals surface area contributed by atoms with Crippen LogP contribution in [0, 0.1) is 11.8 Å². The number of hydrogen-bond donors (Lipinski definition) is 3. The van der Waals surface area contributed by atoms with E-state index in [-0.39, 0.29) is 18.1 Å². The van der Waals surface area contributed by atoms with Crippen molar-refractivity contribution in [2.24, 2.45) is 11.8 Å². The van der Waals surface area contributed by atoms with Gasteiger partial charge in [0.2, 0.25) is 0 Å². The average Bonchev–Trinajstić information content (AvgIpc) is 2.80. The summed E-state index contributed by atoms with van der Waals surface area (Å²) in [5.41, 5.74) is 0. The Morgan fingerprint density at radius 1 is 0.947 bits per heavy atom. The Bertz CT molecular complexity index is 346. The van der Waals surface area contributed by atoms with Crippen molar-refractivity contribution in [1.82, 2.24) is 10.6 Å². The van der Waals surface area contributed by atoms with E-state index in [1.54, 1.807) is 0 Å². The molecule has 5 heteroatoms. The fourth-order valence-electron chi connectivity index (χ4n) is 3.34. The molecule has 2 saturated carbocycles. The molecule has 0 aliphatic heterocycles. The molecule has 3 N–H and O–H groups in total. The number of nitrogens with one attached hydrogen (secondary N) is 2. The lowest BCUT2D eigenvalue weighted by Gasteiger charge is -2.30. The van der Waals surface area contributed by atoms with Gasteiger partial charge < -0.3 is 15.7 Å². The lowest BCUT2D eigenvalue weighted by atomic mass is 9.86. The van der Waals surface area contributed by atoms with Crippen molar-refractivity contribution in [3.05, 3.63) is 0 Å². The molecule has 2 rings (SSSR count). The molecule has 0 spiro atoms. The van der Waals surface area contributed by atoms with Crippen LogP contribution in [0.4, 0.5) is 4.79 Å². The van der Waals surface area contributed by atoms with Crippen LogP contribution in [-0.4, -0.2) is 29.2 Å². The summed E-state index contributed by atoms with van der Waals surface area (Å²) in [6.07, 6.45) is 6.90. The van der Waals surface area contributed by atoms with Gasteiger partial charge in [-0.05, 0) is 31.6 Å². The molecule has 4 atom stereocenters. The number of carboxylic acids is 1. The zero-order chi connectivity index (χ0) is 13.8. The molecule has 19 heavy (non-hydrogen) atoms. The molecule has 0 aromatic carbocycles. The summed E-state index contributed by atoms with van der Waals surface area (Å²) in [6.45, 7) is 2.17. The van der Waals surface area contributed by atoms with E-state index in [9.17, 15) is 9.59 Å². The van der Waals surface area contributed by atoms with E-state index >= 15 is 0 Å². The maximum absolute atomic E-state index is 12.0. The molecule has 0 heterocycles. The Hall–Kier alpha value is -1.26. The quantitative estimate of drug-likeness (QED) is 0.733. The van der Waals surface area contributed by atoms with Gasteiger partial charge in [-0.1, -0.05) is 26.2 Å². The minimum atomic E-state index is -0.797. The van der Waals surface area contributed by atoms with E-state index < -0.39 is 11.9 Å². The number of rotatable bonds is 3. The van der Waals surface area contributed by atoms with E-state index in [0.717, 1.165) is 32.1 Å². The molecular weight excluding hydrogens is 244 g/mol. The normalized spacial score (nSPS) is 34.8. The van der Waals surface area contributed by atoms with Gasteiger partial charge in [-0.25, -0.2) is 4.79 Å². The van der Waals surface area contributed by atoms with Gasteiger partial charge in [0.15, 0.2) is 0 Å². The van der Waals surface area contributed by atoms with Gasteiger partial charge in [0.05, 0.1) is 5.92 Å². The predicted molar refractivity (Wildman–Crippen MR) is 71.9 cm³/mol. The van der Waals surface area contributed by atoms with Gasteiger partial charge in [-0.2, -0.15) is 0 Å². The van der Waals surface area contributed by atoms with Crippen molar-refractivity contribution < 1.29 is 14.7 Å². The van der Waals surface area contributed by atoms with Gasteiger partial charge in [0, 0.05) is 12.1 Å². The number of carboxylic acid groups (broad SMARTS) is 1. The van der Waals surface area contributed by atoms with E-state index in [4.69, 9.17) is 5.11 Å². The average molecular weight is 268 g/mol. The van der Waals surface area contributed by atoms with Gasteiger partial charge in [0.1, 0.15) is 0 Å². The first-order chi connectivity index (χ1) is 9.08. The largest absolute Gasteiger partial charge is 0.481 e. The van der Waals surface area contributed by atoms with Crippen LogP contribution in [0.15, 0.2) is 0 Å². The Morgan fingerprint density at radius 2 is 1.58 bits per heavy atom. The summed E-state index contributed by atoms with van der Waals surface area (Å²) in [7, 11) is 0. The molecule has 0 saturated heterocycles. The minimum absolute atomic E-state index is 0.197. The Kier molecular flexibility index (Phi) is 4.66. The standard InChI is InChI=1S/C14H24N2O3/c1-9-5-2-3-7-11(9)15-14(19)16-12-8-4-6-10(12)13(17)18/h9-12H,2-8H2,1H3,(H,17,18)(H2,15,16,19). The summed E-state index contributed by atoms with van der Waals surface area (Å²) in [6, 6.07) is -0.174. The number of urea groups is 1. The van der Waals surface area contributed by atoms with Crippen molar-refractivity contribution in [1.29, 1.82) is 0 Å². The molecule has 5 nitrogen and oxygen atoms in total. The highest BCUT2D eigenvalue weighted by molar-refractivity contribution is 5.77. The van der Waals surface area contributed by atoms with Crippen LogP contribution in [-0.2, 0) is 4.79 Å². The Labute approximate surface area is 114 Å². The summed E-state index contributed by atoms with van der Waals surface area (Å²) in [4.78, 5) is 23.0. The van der Waals surface area contributed by atoms with E-state index in [1.807, 2.05) is 0 Å². The molecular formula is C14H24N2O3. The van der Waals surface area contributed by atoms with Gasteiger partial charge >= 0.3 is 12.0 Å². The van der Waals surface area contributed by atoms with Gasteiger partial charge in [-0.15, -0.1) is 0 Å². The first kappa shape index (κ1) is 14.2. The lowest BCUT2D eigenvalue weighted by Crippen LogP contribution is -2.50. The molecule has 2 fully saturated rings. The second kappa shape index (κ2) is 6.26. The zero-order valence-corrected chi connectivity index (χ0v) is 11.5. The van der Waals surface area contributed by atoms with Crippen LogP contribution >= 0.6 is 0 Å². The van der Waals surface area contributed by atoms with Crippen molar-refractivity contribution in [2.45, 2.75) is 64.0 Å². The fraction of sp³-hybridized carbons (Fsp3) is 0.857. The zero-order valence-electron chi connectivity index (χ0n) is 11.5. The Morgan fingerprint density at radius 3 is 2.26 bits per heavy atom. The highest BCUT2D eigenvalue weighted by atomic mass is 16.4. The number of carbonyl (C=O) groups excluding carboxylic acids is 1. The van der Waals surface area contributed by atoms with Crippen LogP contribution in [0.1, 0.15) is 51.9 Å². The van der Waals surface area contributed by atoms with E-state index in [1.165, 1.54) is 6.42 Å². The van der Waals surface area contributed by atoms with Crippen LogP contribution in [0.5, 0.6) is 0 Å². The number of aliphatic carboxylic acids is 1. The van der Waals surface area contributed by atoms with Crippen LogP contribution in [0.25, 0.3) is 0 Å². The Balaban J connectivity index is 1.82. The van der Waals surface area contributed by atoms with Gasteiger partial charge in [-0.3, -0.25) is 4.79 Å². The van der Waals surface area contributed by atoms with Crippen molar-refractivity contribution >= 4 is 12.0 Å². The number of hydrogen-bond acceptors (Lipinski definition) is 2. The molecule has 0 bridgehead atoms. The van der Waals surface area contributed by atoms with E-state index in [2.05, 4.69) is 17.6 Å². The summed E-state index contributed by atoms with van der Waals surface area (Å²) >= 11 is 0. The first-order valence-corrected chi connectivity index (χ1v) is 7.37. The highest BCUT2D eigenvalue weighted by Crippen LogP contribution is 2.26. The molecule has 0 aromatic rings. The van der Waals surface area contributed by atoms with Crippen LogP contribution in [0.3, 0.4) is 0 Å². The van der Waals surface area contributed by atoms with Crippen LogP contribution in [0.2, 0.25) is 0 Å². The summed E-state index contributed by atoms with van der Waals surface area (Å²) in [5.74, 6) is -0.707. The summed E-state index contributed by atoms with van der Waals surface area (Å²) < 4.78 is 0. The SMILES string of the molecule is CC1CCCCC1NC(=O)NC1CCCC1C(=O)O. The topological polar surface area (TPSA) is 78.4 Å². The molecule has 108 valence electrons. The van der Waals surface area contributed by atoms with Gasteiger partial charge in [0.25, 0.3) is 0 Å². The first-order valence-electron chi connectivity index (χ1n) is 7.37. The molecule has 0 radical (unpaired) electrons. The number of amides is 2. The second-order valence-electron chi connectivity index (χ2n) is 5.97. The third-order valence-corrected chi connectivity index (χ3v) is 4.58.